The first-order valence-electron chi connectivity index (χ1n) is 8.34. The van der Waals surface area contributed by atoms with Crippen LogP contribution >= 0.6 is 11.6 Å². The molecular formula is C19H23ClN2O3S. The number of nitrogens with zero attached hydrogens (tertiary/aromatic N) is 1. The van der Waals surface area contributed by atoms with E-state index in [9.17, 15) is 13.2 Å². The fourth-order valence-electron chi connectivity index (χ4n) is 2.58. The summed E-state index contributed by atoms with van der Waals surface area (Å²) in [6.45, 7) is 3.86. The van der Waals surface area contributed by atoms with Gasteiger partial charge in [-0.2, -0.15) is 0 Å². The number of rotatable bonds is 7. The van der Waals surface area contributed by atoms with E-state index < -0.39 is 10.0 Å². The first-order valence-corrected chi connectivity index (χ1v) is 10.6. The molecule has 0 radical (unpaired) electrons. The van der Waals surface area contributed by atoms with Crippen LogP contribution in [0.5, 0.6) is 0 Å². The van der Waals surface area contributed by atoms with E-state index in [0.29, 0.717) is 22.0 Å². The quantitative estimate of drug-likeness (QED) is 0.771. The second-order valence-corrected chi connectivity index (χ2v) is 8.38. The molecule has 2 rings (SSSR count). The maximum atomic E-state index is 12.2. The van der Waals surface area contributed by atoms with Crippen LogP contribution in [0, 0.1) is 6.92 Å². The smallest absolute Gasteiger partial charge is 0.232 e. The Morgan fingerprint density at radius 2 is 1.81 bits per heavy atom. The lowest BCUT2D eigenvalue weighted by atomic mass is 10.1. The van der Waals surface area contributed by atoms with Gasteiger partial charge in [0.2, 0.25) is 15.9 Å². The molecule has 1 N–H and O–H groups in total. The van der Waals surface area contributed by atoms with Crippen molar-refractivity contribution in [3.8, 4) is 0 Å². The van der Waals surface area contributed by atoms with Crippen LogP contribution in [-0.2, 0) is 21.2 Å². The Bertz CT molecular complexity index is 880. The number of hydrogen-bond acceptors (Lipinski definition) is 3. The van der Waals surface area contributed by atoms with E-state index in [2.05, 4.69) is 12.2 Å². The highest BCUT2D eigenvalue weighted by atomic mass is 35.5. The summed E-state index contributed by atoms with van der Waals surface area (Å²) in [4.78, 5) is 12.2. The van der Waals surface area contributed by atoms with Crippen LogP contribution in [0.3, 0.4) is 0 Å². The summed E-state index contributed by atoms with van der Waals surface area (Å²) in [7, 11) is -3.54. The molecule has 7 heteroatoms. The van der Waals surface area contributed by atoms with E-state index in [1.165, 1.54) is 9.87 Å². The second kappa shape index (κ2) is 8.56. The molecule has 0 aromatic heterocycles. The van der Waals surface area contributed by atoms with Crippen molar-refractivity contribution in [3.05, 3.63) is 58.6 Å². The topological polar surface area (TPSA) is 66.5 Å². The molecule has 0 saturated carbocycles. The third kappa shape index (κ3) is 5.22. The average molecular weight is 395 g/mol. The minimum Gasteiger partial charge on any atom is -0.326 e. The van der Waals surface area contributed by atoms with Gasteiger partial charge in [-0.3, -0.25) is 9.10 Å². The number of carbonyl (C=O) groups excluding carboxylic acids is 1. The lowest BCUT2D eigenvalue weighted by Crippen LogP contribution is -2.33. The molecule has 26 heavy (non-hydrogen) atoms. The predicted octanol–water partition coefficient (Wildman–Crippen LogP) is 4.01. The average Bonchev–Trinajstić information content (AvgIpc) is 2.58. The van der Waals surface area contributed by atoms with Crippen molar-refractivity contribution < 1.29 is 13.2 Å². The lowest BCUT2D eigenvalue weighted by Gasteiger charge is -2.24. The van der Waals surface area contributed by atoms with Crippen molar-refractivity contribution in [1.82, 2.24) is 0 Å². The van der Waals surface area contributed by atoms with Crippen LogP contribution in [0.15, 0.2) is 42.5 Å². The van der Waals surface area contributed by atoms with E-state index in [0.717, 1.165) is 12.7 Å². The number of nitrogens with one attached hydrogen (secondary N) is 1. The molecule has 2 aromatic carbocycles. The van der Waals surface area contributed by atoms with Gasteiger partial charge in [0, 0.05) is 23.7 Å². The second-order valence-electron chi connectivity index (χ2n) is 6.07. The molecule has 0 heterocycles. The zero-order chi connectivity index (χ0) is 19.3. The summed E-state index contributed by atoms with van der Waals surface area (Å²) in [5, 5.41) is 3.27. The maximum Gasteiger partial charge on any atom is 0.232 e. The normalized spacial score (nSPS) is 11.2. The Kier molecular flexibility index (Phi) is 6.67. The Hall–Kier alpha value is -2.05. The Morgan fingerprint density at radius 1 is 1.15 bits per heavy atom. The number of carbonyl (C=O) groups is 1. The number of halogens is 1. The summed E-state index contributed by atoms with van der Waals surface area (Å²) in [5.74, 6) is -0.248. The number of aryl methyl sites for hydroxylation is 1. The fraction of sp³-hybridized carbons (Fsp3) is 0.316. The first kappa shape index (κ1) is 20.3. The number of amides is 1. The van der Waals surface area contributed by atoms with Gasteiger partial charge < -0.3 is 5.32 Å². The standard InChI is InChI=1S/C19H23ClN2O3S/c1-4-15-8-10-16(11-9-15)21-19(23)12-13-22(26(3,24)25)18-7-5-6-17(20)14(18)2/h5-11H,4,12-13H2,1-3H3,(H,21,23). The predicted molar refractivity (Wildman–Crippen MR) is 107 cm³/mol. The summed E-state index contributed by atoms with van der Waals surface area (Å²) >= 11 is 6.10. The molecule has 1 amide bonds. The van der Waals surface area contributed by atoms with Gasteiger partial charge in [-0.25, -0.2) is 8.42 Å². The van der Waals surface area contributed by atoms with Crippen LogP contribution in [0.25, 0.3) is 0 Å². The molecule has 0 fully saturated rings. The Labute approximate surface area is 160 Å². The van der Waals surface area contributed by atoms with Crippen LogP contribution in [0.2, 0.25) is 5.02 Å². The molecule has 0 atom stereocenters. The van der Waals surface area contributed by atoms with Gasteiger partial charge >= 0.3 is 0 Å². The number of hydrogen-bond donors (Lipinski definition) is 1. The molecule has 2 aromatic rings. The molecule has 0 aliphatic heterocycles. The molecule has 0 unspecified atom stereocenters. The monoisotopic (exact) mass is 394 g/mol. The van der Waals surface area contributed by atoms with Gasteiger partial charge in [-0.1, -0.05) is 36.7 Å². The minimum atomic E-state index is -3.54. The van der Waals surface area contributed by atoms with Gasteiger partial charge in [0.25, 0.3) is 0 Å². The van der Waals surface area contributed by atoms with Crippen molar-refractivity contribution in [3.63, 3.8) is 0 Å². The van der Waals surface area contributed by atoms with Crippen molar-refractivity contribution >= 4 is 38.9 Å². The first-order chi connectivity index (χ1) is 12.2. The highest BCUT2D eigenvalue weighted by Crippen LogP contribution is 2.28. The number of anilines is 2. The molecular weight excluding hydrogens is 372 g/mol. The minimum absolute atomic E-state index is 0.0363. The molecule has 0 aliphatic rings. The zero-order valence-electron chi connectivity index (χ0n) is 15.1. The van der Waals surface area contributed by atoms with Crippen molar-refractivity contribution in [1.29, 1.82) is 0 Å². The summed E-state index contributed by atoms with van der Waals surface area (Å²) in [6.07, 6.45) is 2.08. The SMILES string of the molecule is CCc1ccc(NC(=O)CCN(c2cccc(Cl)c2C)S(C)(=O)=O)cc1. The molecule has 0 aliphatic carbocycles. The van der Waals surface area contributed by atoms with Crippen molar-refractivity contribution in [2.75, 3.05) is 22.4 Å². The van der Waals surface area contributed by atoms with E-state index in [4.69, 9.17) is 11.6 Å². The van der Waals surface area contributed by atoms with Gasteiger partial charge in [-0.05, 0) is 48.7 Å². The van der Waals surface area contributed by atoms with E-state index in [-0.39, 0.29) is 18.9 Å². The molecule has 0 spiro atoms. The van der Waals surface area contributed by atoms with Gasteiger partial charge in [-0.15, -0.1) is 0 Å². The lowest BCUT2D eigenvalue weighted by molar-refractivity contribution is -0.116. The Morgan fingerprint density at radius 3 is 2.38 bits per heavy atom. The number of benzene rings is 2. The number of sulfonamides is 1. The Balaban J connectivity index is 2.09. The van der Waals surface area contributed by atoms with Crippen LogP contribution in [-0.4, -0.2) is 27.1 Å². The van der Waals surface area contributed by atoms with Gasteiger partial charge in [0.05, 0.1) is 11.9 Å². The van der Waals surface area contributed by atoms with Crippen LogP contribution in [0.4, 0.5) is 11.4 Å². The summed E-state index contributed by atoms with van der Waals surface area (Å²) in [6, 6.07) is 12.7. The molecule has 5 nitrogen and oxygen atoms in total. The van der Waals surface area contributed by atoms with E-state index in [1.54, 1.807) is 25.1 Å². The van der Waals surface area contributed by atoms with Gasteiger partial charge in [0.1, 0.15) is 0 Å². The molecule has 0 saturated heterocycles. The zero-order valence-corrected chi connectivity index (χ0v) is 16.7. The fourth-order valence-corrected chi connectivity index (χ4v) is 3.73. The third-order valence-corrected chi connectivity index (χ3v) is 5.69. The summed E-state index contributed by atoms with van der Waals surface area (Å²) < 4.78 is 25.6. The van der Waals surface area contributed by atoms with Crippen molar-refractivity contribution in [2.45, 2.75) is 26.7 Å². The molecule has 140 valence electrons. The van der Waals surface area contributed by atoms with E-state index in [1.807, 2.05) is 24.3 Å². The van der Waals surface area contributed by atoms with Crippen molar-refractivity contribution in [2.24, 2.45) is 0 Å². The van der Waals surface area contributed by atoms with Crippen LogP contribution in [0.1, 0.15) is 24.5 Å². The highest BCUT2D eigenvalue weighted by Gasteiger charge is 2.21. The van der Waals surface area contributed by atoms with Crippen LogP contribution < -0.4 is 9.62 Å². The summed E-state index contributed by atoms with van der Waals surface area (Å²) in [5.41, 5.74) is 3.02. The third-order valence-electron chi connectivity index (χ3n) is 4.10. The van der Waals surface area contributed by atoms with Gasteiger partial charge in [0.15, 0.2) is 0 Å². The maximum absolute atomic E-state index is 12.2. The van der Waals surface area contributed by atoms with E-state index >= 15 is 0 Å². The molecule has 0 bridgehead atoms. The largest absolute Gasteiger partial charge is 0.326 e. The highest BCUT2D eigenvalue weighted by molar-refractivity contribution is 7.92.